The Labute approximate surface area is 134 Å². The van der Waals surface area contributed by atoms with E-state index in [9.17, 15) is 4.39 Å². The highest BCUT2D eigenvalue weighted by Crippen LogP contribution is 2.38. The number of halogens is 1. The highest BCUT2D eigenvalue weighted by atomic mass is 19.1. The minimum absolute atomic E-state index is 0.228. The smallest absolute Gasteiger partial charge is 0.187 e. The lowest BCUT2D eigenvalue weighted by Crippen LogP contribution is -2.28. The molecule has 1 N–H and O–H groups in total. The molecule has 1 atom stereocenters. The minimum atomic E-state index is -0.236. The molecule has 2 fully saturated rings. The number of rotatable bonds is 4. The molecule has 0 aromatic carbocycles. The van der Waals surface area contributed by atoms with Gasteiger partial charge in [0.2, 0.25) is 0 Å². The Balaban J connectivity index is 1.47. The van der Waals surface area contributed by atoms with Crippen LogP contribution >= 0.6 is 0 Å². The molecule has 4 rings (SSSR count). The van der Waals surface area contributed by atoms with Crippen LogP contribution in [0.1, 0.15) is 37.3 Å². The third kappa shape index (κ3) is 2.83. The quantitative estimate of drug-likeness (QED) is 0.934. The third-order valence-electron chi connectivity index (χ3n) is 4.71. The maximum Gasteiger partial charge on any atom is 0.187 e. The summed E-state index contributed by atoms with van der Waals surface area (Å²) in [6, 6.07) is 2.06. The number of hydrogen-bond acceptors (Lipinski definition) is 6. The summed E-state index contributed by atoms with van der Waals surface area (Å²) in [6.45, 7) is 1.49. The molecule has 0 radical (unpaired) electrons. The van der Waals surface area contributed by atoms with Gasteiger partial charge >= 0.3 is 0 Å². The van der Waals surface area contributed by atoms with Gasteiger partial charge in [0.25, 0.3) is 0 Å². The van der Waals surface area contributed by atoms with E-state index in [-0.39, 0.29) is 17.8 Å². The van der Waals surface area contributed by atoms with Crippen molar-refractivity contribution in [2.24, 2.45) is 0 Å². The van der Waals surface area contributed by atoms with Crippen molar-refractivity contribution in [2.45, 2.75) is 37.6 Å². The van der Waals surface area contributed by atoms with Crippen molar-refractivity contribution in [1.29, 1.82) is 0 Å². The fraction of sp³-hybridized carbons (Fsp3) is 0.500. The lowest BCUT2D eigenvalue weighted by Gasteiger charge is -2.26. The number of nitrogens with one attached hydrogen (secondary N) is 1. The summed E-state index contributed by atoms with van der Waals surface area (Å²) in [5, 5.41) is 3.36. The monoisotopic (exact) mass is 314 g/mol. The first-order valence-corrected chi connectivity index (χ1v) is 8.09. The first kappa shape index (κ1) is 14.3. The second-order valence-corrected chi connectivity index (χ2v) is 6.19. The van der Waals surface area contributed by atoms with Crippen LogP contribution in [0.15, 0.2) is 24.9 Å². The lowest BCUT2D eigenvalue weighted by molar-refractivity contribution is 0.392. The maximum atomic E-state index is 14.7. The third-order valence-corrected chi connectivity index (χ3v) is 4.71. The molecular formula is C16H19FN6. The fourth-order valence-corrected chi connectivity index (χ4v) is 3.22. The number of nitrogens with zero attached hydrogens (tertiary/aromatic N) is 5. The van der Waals surface area contributed by atoms with E-state index in [1.165, 1.54) is 12.7 Å². The van der Waals surface area contributed by atoms with Gasteiger partial charge in [0.1, 0.15) is 18.5 Å². The molecule has 2 aliphatic rings. The summed E-state index contributed by atoms with van der Waals surface area (Å²) in [6.07, 6.45) is 8.87. The van der Waals surface area contributed by atoms with Gasteiger partial charge in [-0.05, 0) is 25.3 Å². The van der Waals surface area contributed by atoms with E-state index in [2.05, 4.69) is 25.3 Å². The van der Waals surface area contributed by atoms with E-state index in [1.54, 1.807) is 6.20 Å². The van der Waals surface area contributed by atoms with Crippen LogP contribution in [0, 0.1) is 5.82 Å². The highest BCUT2D eigenvalue weighted by Gasteiger charge is 2.30. The zero-order chi connectivity index (χ0) is 15.6. The molecule has 3 heterocycles. The van der Waals surface area contributed by atoms with Crippen molar-refractivity contribution < 1.29 is 4.39 Å². The topological polar surface area (TPSA) is 66.8 Å². The van der Waals surface area contributed by atoms with Gasteiger partial charge < -0.3 is 10.2 Å². The van der Waals surface area contributed by atoms with Crippen molar-refractivity contribution in [3.63, 3.8) is 0 Å². The van der Waals surface area contributed by atoms with Gasteiger partial charge in [0.15, 0.2) is 11.6 Å². The van der Waals surface area contributed by atoms with Crippen LogP contribution in [-0.2, 0) is 0 Å². The predicted octanol–water partition coefficient (Wildman–Crippen LogP) is 2.36. The number of hydrogen-bond donors (Lipinski definition) is 1. The van der Waals surface area contributed by atoms with Crippen molar-refractivity contribution in [2.75, 3.05) is 23.3 Å². The first-order chi connectivity index (χ1) is 11.3. The second kappa shape index (κ2) is 6.06. The van der Waals surface area contributed by atoms with Crippen LogP contribution in [0.5, 0.6) is 0 Å². The maximum absolute atomic E-state index is 14.7. The number of aromatic nitrogens is 4. The zero-order valence-electron chi connectivity index (χ0n) is 12.8. The molecule has 1 saturated heterocycles. The van der Waals surface area contributed by atoms with Crippen molar-refractivity contribution in [1.82, 2.24) is 19.9 Å². The van der Waals surface area contributed by atoms with Crippen molar-refractivity contribution in [3.05, 3.63) is 36.4 Å². The summed E-state index contributed by atoms with van der Waals surface area (Å²) >= 11 is 0. The van der Waals surface area contributed by atoms with E-state index in [1.807, 2.05) is 11.0 Å². The van der Waals surface area contributed by atoms with Crippen LogP contribution in [0.2, 0.25) is 0 Å². The molecule has 2 aromatic rings. The van der Waals surface area contributed by atoms with Gasteiger partial charge in [-0.25, -0.2) is 24.3 Å². The summed E-state index contributed by atoms with van der Waals surface area (Å²) < 4.78 is 14.7. The molecule has 0 bridgehead atoms. The van der Waals surface area contributed by atoms with Gasteiger partial charge in [-0.1, -0.05) is 6.42 Å². The molecule has 1 aliphatic heterocycles. The SMILES string of the molecule is Fc1c(C2CCC2)ncnc1N1CCC(Nc2ccncn2)C1. The molecule has 0 amide bonds. The van der Waals surface area contributed by atoms with Crippen LogP contribution < -0.4 is 10.2 Å². The molecule has 7 heteroatoms. The molecule has 120 valence electrons. The second-order valence-electron chi connectivity index (χ2n) is 6.19. The van der Waals surface area contributed by atoms with Gasteiger partial charge in [-0.3, -0.25) is 0 Å². The summed E-state index contributed by atoms with van der Waals surface area (Å²) in [5.41, 5.74) is 0.591. The van der Waals surface area contributed by atoms with Crippen LogP contribution in [0.4, 0.5) is 16.0 Å². The Morgan fingerprint density at radius 3 is 2.78 bits per heavy atom. The van der Waals surface area contributed by atoms with Crippen LogP contribution in [0.3, 0.4) is 0 Å². The van der Waals surface area contributed by atoms with E-state index in [0.717, 1.165) is 38.0 Å². The van der Waals surface area contributed by atoms with Crippen molar-refractivity contribution in [3.8, 4) is 0 Å². The van der Waals surface area contributed by atoms with Crippen LogP contribution in [-0.4, -0.2) is 39.1 Å². The van der Waals surface area contributed by atoms with E-state index < -0.39 is 0 Å². The average molecular weight is 314 g/mol. The Morgan fingerprint density at radius 2 is 2.04 bits per heavy atom. The van der Waals surface area contributed by atoms with Gasteiger partial charge in [0, 0.05) is 31.2 Å². The molecule has 1 saturated carbocycles. The highest BCUT2D eigenvalue weighted by molar-refractivity contribution is 5.45. The van der Waals surface area contributed by atoms with Crippen molar-refractivity contribution >= 4 is 11.6 Å². The minimum Gasteiger partial charge on any atom is -0.365 e. The van der Waals surface area contributed by atoms with Crippen LogP contribution in [0.25, 0.3) is 0 Å². The molecule has 6 nitrogen and oxygen atoms in total. The summed E-state index contributed by atoms with van der Waals surface area (Å²) in [4.78, 5) is 18.4. The molecule has 23 heavy (non-hydrogen) atoms. The summed E-state index contributed by atoms with van der Waals surface area (Å²) in [7, 11) is 0. The largest absolute Gasteiger partial charge is 0.365 e. The lowest BCUT2D eigenvalue weighted by atomic mass is 9.82. The van der Waals surface area contributed by atoms with Gasteiger partial charge in [-0.2, -0.15) is 0 Å². The Kier molecular flexibility index (Phi) is 3.77. The molecule has 1 unspecified atom stereocenters. The average Bonchev–Trinajstić information content (AvgIpc) is 2.97. The molecule has 2 aromatic heterocycles. The Bertz CT molecular complexity index is 676. The predicted molar refractivity (Wildman–Crippen MR) is 84.9 cm³/mol. The standard InChI is InChI=1S/C16H19FN6/c17-14-15(11-2-1-3-11)20-10-21-16(14)23-7-5-12(8-23)22-13-4-6-18-9-19-13/h4,6,9-12H,1-3,5,7-8H2,(H,18,19,22). The normalized spacial score (nSPS) is 21.3. The zero-order valence-corrected chi connectivity index (χ0v) is 12.8. The van der Waals surface area contributed by atoms with Gasteiger partial charge in [-0.15, -0.1) is 0 Å². The summed E-state index contributed by atoms with van der Waals surface area (Å²) in [5.74, 6) is 1.27. The van der Waals surface area contributed by atoms with E-state index >= 15 is 0 Å². The van der Waals surface area contributed by atoms with Gasteiger partial charge in [0.05, 0.1) is 5.69 Å². The molecular weight excluding hydrogens is 295 g/mol. The first-order valence-electron chi connectivity index (χ1n) is 8.09. The Hall–Kier alpha value is -2.31. The molecule has 0 spiro atoms. The van der Waals surface area contributed by atoms with E-state index in [4.69, 9.17) is 0 Å². The number of anilines is 2. The van der Waals surface area contributed by atoms with E-state index in [0.29, 0.717) is 18.1 Å². The fourth-order valence-electron chi connectivity index (χ4n) is 3.22. The molecule has 1 aliphatic carbocycles. The Morgan fingerprint density at radius 1 is 1.13 bits per heavy atom.